The van der Waals surface area contributed by atoms with Gasteiger partial charge >= 0.3 is 0 Å². The molecule has 1 heterocycles. The number of aryl methyl sites for hydroxylation is 1. The van der Waals surface area contributed by atoms with Crippen molar-refractivity contribution < 1.29 is 19.0 Å². The molecule has 0 unspecified atom stereocenters. The van der Waals surface area contributed by atoms with Gasteiger partial charge in [-0.25, -0.2) is 5.43 Å². The largest absolute Gasteiger partial charge is 0.493 e. The molecule has 6 heteroatoms. The van der Waals surface area contributed by atoms with Gasteiger partial charge in [-0.15, -0.1) is 0 Å². The van der Waals surface area contributed by atoms with Crippen LogP contribution >= 0.6 is 0 Å². The molecule has 0 radical (unpaired) electrons. The highest BCUT2D eigenvalue weighted by atomic mass is 16.5. The van der Waals surface area contributed by atoms with Crippen LogP contribution < -0.4 is 19.6 Å². The summed E-state index contributed by atoms with van der Waals surface area (Å²) in [5.41, 5.74) is 5.11. The van der Waals surface area contributed by atoms with E-state index >= 15 is 0 Å². The summed E-state index contributed by atoms with van der Waals surface area (Å²) < 4.78 is 16.5. The molecule has 0 fully saturated rings. The number of methoxy groups -OCH3 is 1. The highest BCUT2D eigenvalue weighted by Gasteiger charge is 2.20. The minimum Gasteiger partial charge on any atom is -0.493 e. The number of ether oxygens (including phenoxy) is 3. The third kappa shape index (κ3) is 3.91. The van der Waals surface area contributed by atoms with E-state index in [2.05, 4.69) is 10.5 Å². The second kappa shape index (κ2) is 7.70. The molecule has 1 aliphatic rings. The van der Waals surface area contributed by atoms with Gasteiger partial charge in [0.25, 0.3) is 5.91 Å². The van der Waals surface area contributed by atoms with Crippen LogP contribution in [0.15, 0.2) is 47.6 Å². The SMILES string of the molecule is COc1cccc2c1OCC/C2=N/NC(=O)COc1ccccc1C. The van der Waals surface area contributed by atoms with Crippen LogP contribution in [0.4, 0.5) is 0 Å². The zero-order valence-electron chi connectivity index (χ0n) is 14.2. The fourth-order valence-electron chi connectivity index (χ4n) is 2.58. The van der Waals surface area contributed by atoms with Crippen molar-refractivity contribution in [1.82, 2.24) is 5.43 Å². The summed E-state index contributed by atoms with van der Waals surface area (Å²) in [7, 11) is 1.59. The highest BCUT2D eigenvalue weighted by Crippen LogP contribution is 2.34. The van der Waals surface area contributed by atoms with Gasteiger partial charge in [0.15, 0.2) is 18.1 Å². The molecular formula is C19H20N2O4. The lowest BCUT2D eigenvalue weighted by atomic mass is 10.0. The fourth-order valence-corrected chi connectivity index (χ4v) is 2.58. The lowest BCUT2D eigenvalue weighted by Crippen LogP contribution is -2.27. The molecule has 6 nitrogen and oxygen atoms in total. The topological polar surface area (TPSA) is 69.2 Å². The molecule has 0 saturated carbocycles. The third-order valence-electron chi connectivity index (χ3n) is 3.86. The van der Waals surface area contributed by atoms with Crippen molar-refractivity contribution in [3.8, 4) is 17.2 Å². The van der Waals surface area contributed by atoms with E-state index < -0.39 is 0 Å². The van der Waals surface area contributed by atoms with Crippen molar-refractivity contribution in [2.45, 2.75) is 13.3 Å². The molecule has 1 N–H and O–H groups in total. The predicted molar refractivity (Wildman–Crippen MR) is 94.5 cm³/mol. The number of benzene rings is 2. The molecule has 0 aliphatic carbocycles. The molecule has 3 rings (SSSR count). The molecule has 0 saturated heterocycles. The lowest BCUT2D eigenvalue weighted by Gasteiger charge is -2.20. The summed E-state index contributed by atoms with van der Waals surface area (Å²) >= 11 is 0. The van der Waals surface area contributed by atoms with Crippen LogP contribution in [0.1, 0.15) is 17.5 Å². The van der Waals surface area contributed by atoms with Gasteiger partial charge < -0.3 is 14.2 Å². The van der Waals surface area contributed by atoms with Crippen LogP contribution in [0.3, 0.4) is 0 Å². The van der Waals surface area contributed by atoms with Gasteiger partial charge in [0.1, 0.15) is 5.75 Å². The maximum Gasteiger partial charge on any atom is 0.277 e. The molecule has 25 heavy (non-hydrogen) atoms. The Bertz CT molecular complexity index is 802. The molecule has 130 valence electrons. The highest BCUT2D eigenvalue weighted by molar-refractivity contribution is 6.04. The van der Waals surface area contributed by atoms with Crippen LogP contribution in [0.25, 0.3) is 0 Å². The number of rotatable bonds is 5. The number of hydrazone groups is 1. The van der Waals surface area contributed by atoms with Gasteiger partial charge in [0, 0.05) is 12.0 Å². The first-order valence-corrected chi connectivity index (χ1v) is 8.03. The van der Waals surface area contributed by atoms with E-state index in [0.717, 1.165) is 16.8 Å². The minimum atomic E-state index is -0.313. The lowest BCUT2D eigenvalue weighted by molar-refractivity contribution is -0.123. The third-order valence-corrected chi connectivity index (χ3v) is 3.86. The molecule has 1 aliphatic heterocycles. The van der Waals surface area contributed by atoms with Crippen LogP contribution in [0, 0.1) is 6.92 Å². The Morgan fingerprint density at radius 2 is 2.00 bits per heavy atom. The maximum absolute atomic E-state index is 12.0. The number of carbonyl (C=O) groups excluding carboxylic acids is 1. The number of fused-ring (bicyclic) bond motifs is 1. The average Bonchev–Trinajstić information content (AvgIpc) is 2.65. The maximum atomic E-state index is 12.0. The number of hydrogen-bond donors (Lipinski definition) is 1. The first-order valence-electron chi connectivity index (χ1n) is 8.03. The monoisotopic (exact) mass is 340 g/mol. The molecule has 0 atom stereocenters. The summed E-state index contributed by atoms with van der Waals surface area (Å²) in [5.74, 6) is 1.68. The molecular weight excluding hydrogens is 320 g/mol. The van der Waals surface area contributed by atoms with Crippen molar-refractivity contribution in [2.75, 3.05) is 20.3 Å². The van der Waals surface area contributed by atoms with E-state index in [-0.39, 0.29) is 12.5 Å². The van der Waals surface area contributed by atoms with Crippen LogP contribution in [0.5, 0.6) is 17.2 Å². The first-order chi connectivity index (χ1) is 12.2. The number of amides is 1. The van der Waals surface area contributed by atoms with Crippen molar-refractivity contribution in [3.05, 3.63) is 53.6 Å². The van der Waals surface area contributed by atoms with Gasteiger partial charge in [0.2, 0.25) is 0 Å². The Labute approximate surface area is 146 Å². The summed E-state index contributed by atoms with van der Waals surface area (Å²) in [6.45, 7) is 2.32. The Morgan fingerprint density at radius 3 is 2.80 bits per heavy atom. The summed E-state index contributed by atoms with van der Waals surface area (Å²) in [4.78, 5) is 12.0. The van der Waals surface area contributed by atoms with Gasteiger partial charge in [-0.1, -0.05) is 24.3 Å². The summed E-state index contributed by atoms with van der Waals surface area (Å²) in [6, 6.07) is 13.1. The Morgan fingerprint density at radius 1 is 1.20 bits per heavy atom. The van der Waals surface area contributed by atoms with E-state index in [1.54, 1.807) is 7.11 Å². The van der Waals surface area contributed by atoms with Crippen molar-refractivity contribution in [3.63, 3.8) is 0 Å². The molecule has 2 aromatic rings. The number of hydrogen-bond acceptors (Lipinski definition) is 5. The molecule has 0 bridgehead atoms. The Balaban J connectivity index is 1.65. The van der Waals surface area contributed by atoms with E-state index in [1.165, 1.54) is 0 Å². The van der Waals surface area contributed by atoms with E-state index in [4.69, 9.17) is 14.2 Å². The molecule has 0 aromatic heterocycles. The van der Waals surface area contributed by atoms with E-state index in [9.17, 15) is 4.79 Å². The Kier molecular flexibility index (Phi) is 5.18. The standard InChI is InChI=1S/C19H20N2O4/c1-13-6-3-4-8-16(13)25-12-18(22)21-20-15-10-11-24-19-14(15)7-5-9-17(19)23-2/h3-9H,10-12H2,1-2H3,(H,21,22)/b20-15-. The number of carbonyl (C=O) groups is 1. The zero-order valence-corrected chi connectivity index (χ0v) is 14.2. The van der Waals surface area contributed by atoms with Crippen LogP contribution in [-0.2, 0) is 4.79 Å². The smallest absolute Gasteiger partial charge is 0.277 e. The summed E-state index contributed by atoms with van der Waals surface area (Å²) in [6.07, 6.45) is 0.610. The molecule has 2 aromatic carbocycles. The number of nitrogens with one attached hydrogen (secondary N) is 1. The van der Waals surface area contributed by atoms with E-state index in [1.807, 2.05) is 49.4 Å². The number of para-hydroxylation sites is 2. The van der Waals surface area contributed by atoms with Crippen LogP contribution in [-0.4, -0.2) is 31.9 Å². The van der Waals surface area contributed by atoms with Crippen molar-refractivity contribution in [1.29, 1.82) is 0 Å². The minimum absolute atomic E-state index is 0.0941. The van der Waals surface area contributed by atoms with E-state index in [0.29, 0.717) is 30.3 Å². The molecule has 1 amide bonds. The van der Waals surface area contributed by atoms with Crippen molar-refractivity contribution in [2.24, 2.45) is 5.10 Å². The Hall–Kier alpha value is -3.02. The van der Waals surface area contributed by atoms with Gasteiger partial charge in [-0.2, -0.15) is 5.10 Å². The normalized spacial score (nSPS) is 14.4. The second-order valence-electron chi connectivity index (χ2n) is 5.58. The quantitative estimate of drug-likeness (QED) is 0.850. The first kappa shape index (κ1) is 16.8. The second-order valence-corrected chi connectivity index (χ2v) is 5.58. The fraction of sp³-hybridized carbons (Fsp3) is 0.263. The van der Waals surface area contributed by atoms with Gasteiger partial charge in [-0.3, -0.25) is 4.79 Å². The van der Waals surface area contributed by atoms with Crippen LogP contribution in [0.2, 0.25) is 0 Å². The average molecular weight is 340 g/mol. The predicted octanol–water partition coefficient (Wildman–Crippen LogP) is 2.69. The zero-order chi connectivity index (χ0) is 17.6. The van der Waals surface area contributed by atoms with Crippen molar-refractivity contribution >= 4 is 11.6 Å². The number of nitrogens with zero attached hydrogens (tertiary/aromatic N) is 1. The van der Waals surface area contributed by atoms with Gasteiger partial charge in [-0.05, 0) is 30.7 Å². The van der Waals surface area contributed by atoms with Gasteiger partial charge in [0.05, 0.1) is 19.4 Å². The summed E-state index contributed by atoms with van der Waals surface area (Å²) in [5, 5.41) is 4.24. The molecule has 0 spiro atoms.